The molecule has 1 aliphatic rings. The highest BCUT2D eigenvalue weighted by Crippen LogP contribution is 2.23. The molecule has 0 spiro atoms. The Labute approximate surface area is 101 Å². The first-order chi connectivity index (χ1) is 8.19. The molecule has 1 saturated heterocycles. The lowest BCUT2D eigenvalue weighted by molar-refractivity contribution is 0.0636. The Hall–Kier alpha value is -1.29. The van der Waals surface area contributed by atoms with E-state index in [2.05, 4.69) is 12.2 Å². The Morgan fingerprint density at radius 3 is 2.94 bits per heavy atom. The highest BCUT2D eigenvalue weighted by Gasteiger charge is 2.21. The molecule has 17 heavy (non-hydrogen) atoms. The molecule has 0 radical (unpaired) electrons. The summed E-state index contributed by atoms with van der Waals surface area (Å²) in [4.78, 5) is 0. The lowest BCUT2D eigenvalue weighted by Crippen LogP contribution is -2.20. The van der Waals surface area contributed by atoms with Gasteiger partial charge < -0.3 is 14.8 Å². The summed E-state index contributed by atoms with van der Waals surface area (Å²) >= 11 is 0. The zero-order valence-electron chi connectivity index (χ0n) is 10.2. The van der Waals surface area contributed by atoms with Crippen LogP contribution in [0.15, 0.2) is 18.2 Å². The first-order valence-electron chi connectivity index (χ1n) is 5.92. The van der Waals surface area contributed by atoms with Gasteiger partial charge in [-0.15, -0.1) is 0 Å². The summed E-state index contributed by atoms with van der Waals surface area (Å²) in [6.45, 7) is 2.69. The van der Waals surface area contributed by atoms with Crippen LogP contribution in [0.5, 0.6) is 5.75 Å². The second kappa shape index (κ2) is 5.36. The van der Waals surface area contributed by atoms with Crippen molar-refractivity contribution < 1.29 is 13.9 Å². The third-order valence-corrected chi connectivity index (χ3v) is 3.01. The van der Waals surface area contributed by atoms with E-state index in [9.17, 15) is 4.39 Å². The van der Waals surface area contributed by atoms with Gasteiger partial charge in [0.05, 0.1) is 25.0 Å². The van der Waals surface area contributed by atoms with Gasteiger partial charge in [0.15, 0.2) is 0 Å². The van der Waals surface area contributed by atoms with Crippen molar-refractivity contribution in [1.82, 2.24) is 0 Å². The maximum absolute atomic E-state index is 13.5. The fourth-order valence-electron chi connectivity index (χ4n) is 2.03. The molecular formula is C13H18FNO2. The lowest BCUT2D eigenvalue weighted by Gasteiger charge is -2.14. The van der Waals surface area contributed by atoms with Gasteiger partial charge in [0.25, 0.3) is 0 Å². The van der Waals surface area contributed by atoms with Crippen LogP contribution in [-0.4, -0.2) is 25.9 Å². The lowest BCUT2D eigenvalue weighted by atomic mass is 10.2. The van der Waals surface area contributed by atoms with E-state index in [4.69, 9.17) is 9.47 Å². The Bertz CT molecular complexity index is 384. The molecule has 0 amide bonds. The minimum absolute atomic E-state index is 0.176. The molecule has 3 nitrogen and oxygen atoms in total. The molecule has 0 bridgehead atoms. The minimum atomic E-state index is -0.267. The monoisotopic (exact) mass is 239 g/mol. The van der Waals surface area contributed by atoms with Crippen molar-refractivity contribution in [3.8, 4) is 5.75 Å². The predicted octanol–water partition coefficient (Wildman–Crippen LogP) is 2.81. The van der Waals surface area contributed by atoms with Crippen LogP contribution in [0.25, 0.3) is 0 Å². The number of methoxy groups -OCH3 is 1. The number of nitrogens with one attached hydrogen (secondary N) is 1. The maximum atomic E-state index is 13.5. The number of halogens is 1. The van der Waals surface area contributed by atoms with Crippen molar-refractivity contribution in [1.29, 1.82) is 0 Å². The number of ether oxygens (including phenoxy) is 2. The Balaban J connectivity index is 1.94. The quantitative estimate of drug-likeness (QED) is 0.876. The van der Waals surface area contributed by atoms with Crippen LogP contribution in [-0.2, 0) is 4.74 Å². The second-order valence-electron chi connectivity index (χ2n) is 4.37. The van der Waals surface area contributed by atoms with E-state index < -0.39 is 0 Å². The van der Waals surface area contributed by atoms with E-state index in [-0.39, 0.29) is 11.9 Å². The van der Waals surface area contributed by atoms with E-state index in [0.29, 0.717) is 24.1 Å². The van der Waals surface area contributed by atoms with E-state index in [1.807, 2.05) is 0 Å². The summed E-state index contributed by atoms with van der Waals surface area (Å²) < 4.78 is 24.2. The van der Waals surface area contributed by atoms with Gasteiger partial charge in [-0.25, -0.2) is 4.39 Å². The Kier molecular flexibility index (Phi) is 3.84. The van der Waals surface area contributed by atoms with E-state index >= 15 is 0 Å². The Morgan fingerprint density at radius 2 is 2.29 bits per heavy atom. The average Bonchev–Trinajstić information content (AvgIpc) is 2.74. The molecule has 0 aliphatic carbocycles. The molecule has 94 valence electrons. The van der Waals surface area contributed by atoms with Crippen LogP contribution in [0, 0.1) is 5.82 Å². The van der Waals surface area contributed by atoms with Gasteiger partial charge in [0.1, 0.15) is 11.6 Å². The fourth-order valence-corrected chi connectivity index (χ4v) is 2.03. The molecule has 0 saturated carbocycles. The maximum Gasteiger partial charge on any atom is 0.146 e. The molecule has 2 atom stereocenters. The van der Waals surface area contributed by atoms with E-state index in [1.165, 1.54) is 6.07 Å². The fraction of sp³-hybridized carbons (Fsp3) is 0.538. The molecule has 2 rings (SSSR count). The zero-order chi connectivity index (χ0) is 12.3. The topological polar surface area (TPSA) is 30.5 Å². The third-order valence-electron chi connectivity index (χ3n) is 3.01. The van der Waals surface area contributed by atoms with E-state index in [0.717, 1.165) is 12.8 Å². The highest BCUT2D eigenvalue weighted by molar-refractivity contribution is 5.49. The predicted molar refractivity (Wildman–Crippen MR) is 65.0 cm³/mol. The summed E-state index contributed by atoms with van der Waals surface area (Å²) in [5.74, 6) is 0.381. The minimum Gasteiger partial charge on any atom is -0.497 e. The standard InChI is InChI=1S/C13H18FNO2/c1-9-3-4-11(17-9)8-15-13-7-10(16-2)5-6-12(13)14/h5-7,9,11,15H,3-4,8H2,1-2H3. The summed E-state index contributed by atoms with van der Waals surface area (Å²) in [6, 6.07) is 4.67. The average molecular weight is 239 g/mol. The van der Waals surface area contributed by atoms with Crippen molar-refractivity contribution in [3.63, 3.8) is 0 Å². The smallest absolute Gasteiger partial charge is 0.146 e. The van der Waals surface area contributed by atoms with Crippen LogP contribution < -0.4 is 10.1 Å². The molecule has 1 aliphatic heterocycles. The summed E-state index contributed by atoms with van der Waals surface area (Å²) in [6.07, 6.45) is 2.60. The van der Waals surface area contributed by atoms with Crippen molar-refractivity contribution in [3.05, 3.63) is 24.0 Å². The number of anilines is 1. The van der Waals surface area contributed by atoms with Crippen molar-refractivity contribution in [2.24, 2.45) is 0 Å². The first kappa shape index (κ1) is 12.2. The van der Waals surface area contributed by atoms with E-state index in [1.54, 1.807) is 19.2 Å². The van der Waals surface area contributed by atoms with Gasteiger partial charge in [-0.3, -0.25) is 0 Å². The zero-order valence-corrected chi connectivity index (χ0v) is 10.2. The number of benzene rings is 1. The number of hydrogen-bond acceptors (Lipinski definition) is 3. The van der Waals surface area contributed by atoms with Gasteiger partial charge >= 0.3 is 0 Å². The van der Waals surface area contributed by atoms with Crippen molar-refractivity contribution in [2.45, 2.75) is 32.0 Å². The van der Waals surface area contributed by atoms with Crippen LogP contribution in [0.2, 0.25) is 0 Å². The van der Waals surface area contributed by atoms with Gasteiger partial charge in [-0.2, -0.15) is 0 Å². The van der Waals surface area contributed by atoms with Crippen molar-refractivity contribution >= 4 is 5.69 Å². The molecule has 1 N–H and O–H groups in total. The van der Waals surface area contributed by atoms with Gasteiger partial charge in [0, 0.05) is 12.6 Å². The van der Waals surface area contributed by atoms with Crippen LogP contribution in [0.4, 0.5) is 10.1 Å². The molecule has 4 heteroatoms. The van der Waals surface area contributed by atoms with Gasteiger partial charge in [-0.1, -0.05) is 0 Å². The highest BCUT2D eigenvalue weighted by atomic mass is 19.1. The summed E-state index contributed by atoms with van der Waals surface area (Å²) in [7, 11) is 1.57. The first-order valence-corrected chi connectivity index (χ1v) is 5.92. The molecular weight excluding hydrogens is 221 g/mol. The SMILES string of the molecule is COc1ccc(F)c(NCC2CCC(C)O2)c1. The van der Waals surface area contributed by atoms with Gasteiger partial charge in [0.2, 0.25) is 0 Å². The molecule has 1 fully saturated rings. The largest absolute Gasteiger partial charge is 0.497 e. The molecule has 2 unspecified atom stereocenters. The van der Waals surface area contributed by atoms with Crippen molar-refractivity contribution in [2.75, 3.05) is 19.0 Å². The summed E-state index contributed by atoms with van der Waals surface area (Å²) in [5, 5.41) is 3.07. The Morgan fingerprint density at radius 1 is 1.47 bits per heavy atom. The molecule has 0 aromatic heterocycles. The van der Waals surface area contributed by atoms with Crippen LogP contribution in [0.3, 0.4) is 0 Å². The third kappa shape index (κ3) is 3.09. The molecule has 1 aromatic rings. The molecule has 1 aromatic carbocycles. The molecule has 1 heterocycles. The summed E-state index contributed by atoms with van der Waals surface area (Å²) in [5.41, 5.74) is 0.465. The normalized spacial score (nSPS) is 23.7. The number of rotatable bonds is 4. The second-order valence-corrected chi connectivity index (χ2v) is 4.37. The van der Waals surface area contributed by atoms with Gasteiger partial charge in [-0.05, 0) is 31.9 Å². The number of hydrogen-bond donors (Lipinski definition) is 1. The van der Waals surface area contributed by atoms with Crippen LogP contribution in [0.1, 0.15) is 19.8 Å². The van der Waals surface area contributed by atoms with Crippen LogP contribution >= 0.6 is 0 Å².